The van der Waals surface area contributed by atoms with Gasteiger partial charge < -0.3 is 10.1 Å². The van der Waals surface area contributed by atoms with E-state index in [-0.39, 0.29) is 6.10 Å². The molecule has 0 aromatic carbocycles. The van der Waals surface area contributed by atoms with Gasteiger partial charge in [-0.3, -0.25) is 4.98 Å². The minimum atomic E-state index is 0.184. The van der Waals surface area contributed by atoms with Gasteiger partial charge in [0.2, 0.25) is 0 Å². The number of ether oxygens (including phenoxy) is 1. The molecule has 1 N–H and O–H groups in total. The van der Waals surface area contributed by atoms with Crippen molar-refractivity contribution in [3.05, 3.63) is 23.5 Å². The van der Waals surface area contributed by atoms with Crippen molar-refractivity contribution in [3.63, 3.8) is 0 Å². The first kappa shape index (κ1) is 17.0. The molecule has 0 spiro atoms. The van der Waals surface area contributed by atoms with Crippen LogP contribution in [0.3, 0.4) is 0 Å². The first-order chi connectivity index (χ1) is 9.43. The largest absolute Gasteiger partial charge is 0.487 e. The SMILES string of the molecule is CCc1nc(C)ccc1OC(CNCC(C)C)C(C)C. The van der Waals surface area contributed by atoms with Crippen molar-refractivity contribution in [2.75, 3.05) is 13.1 Å². The quantitative estimate of drug-likeness (QED) is 0.789. The number of hydrogen-bond acceptors (Lipinski definition) is 3. The van der Waals surface area contributed by atoms with Crippen molar-refractivity contribution < 1.29 is 4.74 Å². The van der Waals surface area contributed by atoms with E-state index in [1.807, 2.05) is 13.0 Å². The third-order valence-electron chi connectivity index (χ3n) is 3.33. The highest BCUT2D eigenvalue weighted by Crippen LogP contribution is 2.21. The Morgan fingerprint density at radius 3 is 2.40 bits per heavy atom. The lowest BCUT2D eigenvalue weighted by Gasteiger charge is -2.24. The Bertz CT molecular complexity index is 402. The molecule has 0 saturated heterocycles. The van der Waals surface area contributed by atoms with Crippen LogP contribution in [-0.4, -0.2) is 24.2 Å². The van der Waals surface area contributed by atoms with E-state index in [2.05, 4.69) is 51.0 Å². The Morgan fingerprint density at radius 2 is 1.85 bits per heavy atom. The van der Waals surface area contributed by atoms with E-state index in [0.29, 0.717) is 11.8 Å². The van der Waals surface area contributed by atoms with Gasteiger partial charge in [-0.15, -0.1) is 0 Å². The lowest BCUT2D eigenvalue weighted by Crippen LogP contribution is -2.37. The molecule has 0 aliphatic carbocycles. The summed E-state index contributed by atoms with van der Waals surface area (Å²) in [5.41, 5.74) is 2.10. The van der Waals surface area contributed by atoms with Crippen molar-refractivity contribution in [1.82, 2.24) is 10.3 Å². The summed E-state index contributed by atoms with van der Waals surface area (Å²) in [6.45, 7) is 14.9. The summed E-state index contributed by atoms with van der Waals surface area (Å²) in [4.78, 5) is 4.57. The van der Waals surface area contributed by atoms with Crippen molar-refractivity contribution in [1.29, 1.82) is 0 Å². The molecule has 1 atom stereocenters. The molecule has 0 aliphatic heterocycles. The van der Waals surface area contributed by atoms with Crippen LogP contribution < -0.4 is 10.1 Å². The average molecular weight is 278 g/mol. The van der Waals surface area contributed by atoms with Gasteiger partial charge >= 0.3 is 0 Å². The van der Waals surface area contributed by atoms with Crippen LogP contribution in [0, 0.1) is 18.8 Å². The standard InChI is InChI=1S/C17H30N2O/c1-7-15-16(9-8-14(6)19-15)20-17(13(4)5)11-18-10-12(2)3/h8-9,12-13,17-18H,7,10-11H2,1-6H3. The van der Waals surface area contributed by atoms with Crippen LogP contribution >= 0.6 is 0 Å². The van der Waals surface area contributed by atoms with Crippen molar-refractivity contribution in [2.45, 2.75) is 54.1 Å². The highest BCUT2D eigenvalue weighted by molar-refractivity contribution is 5.29. The fraction of sp³-hybridized carbons (Fsp3) is 0.706. The molecule has 3 heteroatoms. The number of aryl methyl sites for hydroxylation is 2. The molecule has 1 rings (SSSR count). The molecule has 0 fully saturated rings. The Labute approximate surface area is 124 Å². The monoisotopic (exact) mass is 278 g/mol. The van der Waals surface area contributed by atoms with Crippen LogP contribution in [0.5, 0.6) is 5.75 Å². The second kappa shape index (κ2) is 8.25. The molecule has 1 heterocycles. The van der Waals surface area contributed by atoms with Gasteiger partial charge in [-0.2, -0.15) is 0 Å². The van der Waals surface area contributed by atoms with Gasteiger partial charge in [0, 0.05) is 12.2 Å². The van der Waals surface area contributed by atoms with E-state index >= 15 is 0 Å². The molecule has 0 bridgehead atoms. The summed E-state index contributed by atoms with van der Waals surface area (Å²) in [6.07, 6.45) is 1.09. The molecule has 0 amide bonds. The van der Waals surface area contributed by atoms with Crippen LogP contribution in [0.2, 0.25) is 0 Å². The minimum absolute atomic E-state index is 0.184. The predicted molar refractivity (Wildman–Crippen MR) is 85.3 cm³/mol. The lowest BCUT2D eigenvalue weighted by atomic mass is 10.1. The number of pyridine rings is 1. The van der Waals surface area contributed by atoms with E-state index in [1.165, 1.54) is 0 Å². The smallest absolute Gasteiger partial charge is 0.141 e. The third-order valence-corrected chi connectivity index (χ3v) is 3.33. The Kier molecular flexibility index (Phi) is 7.00. The molecule has 1 aromatic rings. The number of nitrogens with one attached hydrogen (secondary N) is 1. The summed E-state index contributed by atoms with van der Waals surface area (Å²) in [7, 11) is 0. The van der Waals surface area contributed by atoms with Gasteiger partial charge in [0.15, 0.2) is 0 Å². The van der Waals surface area contributed by atoms with Gasteiger partial charge in [0.1, 0.15) is 11.9 Å². The molecule has 0 saturated carbocycles. The fourth-order valence-electron chi connectivity index (χ4n) is 2.05. The Morgan fingerprint density at radius 1 is 1.15 bits per heavy atom. The van der Waals surface area contributed by atoms with Gasteiger partial charge in [-0.1, -0.05) is 34.6 Å². The van der Waals surface area contributed by atoms with E-state index < -0.39 is 0 Å². The van der Waals surface area contributed by atoms with Crippen LogP contribution in [0.25, 0.3) is 0 Å². The van der Waals surface area contributed by atoms with Crippen molar-refractivity contribution >= 4 is 0 Å². The average Bonchev–Trinajstić information content (AvgIpc) is 2.38. The van der Waals surface area contributed by atoms with Crippen molar-refractivity contribution in [2.24, 2.45) is 11.8 Å². The minimum Gasteiger partial charge on any atom is -0.487 e. The highest BCUT2D eigenvalue weighted by atomic mass is 16.5. The number of hydrogen-bond donors (Lipinski definition) is 1. The molecular formula is C17H30N2O. The number of nitrogens with zero attached hydrogens (tertiary/aromatic N) is 1. The maximum absolute atomic E-state index is 6.21. The van der Waals surface area contributed by atoms with Crippen molar-refractivity contribution in [3.8, 4) is 5.75 Å². The van der Waals surface area contributed by atoms with Crippen LogP contribution in [0.4, 0.5) is 0 Å². The maximum atomic E-state index is 6.21. The molecular weight excluding hydrogens is 248 g/mol. The predicted octanol–water partition coefficient (Wildman–Crippen LogP) is 3.60. The second-order valence-corrected chi connectivity index (χ2v) is 6.20. The summed E-state index contributed by atoms with van der Waals surface area (Å²) >= 11 is 0. The lowest BCUT2D eigenvalue weighted by molar-refractivity contribution is 0.146. The third kappa shape index (κ3) is 5.49. The summed E-state index contributed by atoms with van der Waals surface area (Å²) in [5, 5.41) is 3.49. The highest BCUT2D eigenvalue weighted by Gasteiger charge is 2.17. The van der Waals surface area contributed by atoms with Gasteiger partial charge in [-0.25, -0.2) is 0 Å². The molecule has 0 aliphatic rings. The fourth-order valence-corrected chi connectivity index (χ4v) is 2.05. The van der Waals surface area contributed by atoms with Gasteiger partial charge in [0.25, 0.3) is 0 Å². The van der Waals surface area contributed by atoms with Crippen LogP contribution in [0.1, 0.15) is 46.0 Å². The van der Waals surface area contributed by atoms with E-state index in [9.17, 15) is 0 Å². The Balaban J connectivity index is 2.70. The maximum Gasteiger partial charge on any atom is 0.141 e. The van der Waals surface area contributed by atoms with Gasteiger partial charge in [-0.05, 0) is 43.9 Å². The zero-order valence-electron chi connectivity index (χ0n) is 13.9. The summed E-state index contributed by atoms with van der Waals surface area (Å²) < 4.78 is 6.21. The molecule has 0 radical (unpaired) electrons. The van der Waals surface area contributed by atoms with E-state index in [4.69, 9.17) is 4.74 Å². The first-order valence-corrected chi connectivity index (χ1v) is 7.77. The number of rotatable bonds is 8. The molecule has 1 unspecified atom stereocenters. The van der Waals surface area contributed by atoms with Gasteiger partial charge in [0.05, 0.1) is 5.69 Å². The second-order valence-electron chi connectivity index (χ2n) is 6.20. The zero-order valence-corrected chi connectivity index (χ0v) is 13.9. The molecule has 1 aromatic heterocycles. The molecule has 114 valence electrons. The molecule has 20 heavy (non-hydrogen) atoms. The number of aromatic nitrogens is 1. The summed E-state index contributed by atoms with van der Waals surface area (Å²) in [6, 6.07) is 4.08. The first-order valence-electron chi connectivity index (χ1n) is 7.77. The van der Waals surface area contributed by atoms with Crippen LogP contribution in [0.15, 0.2) is 12.1 Å². The topological polar surface area (TPSA) is 34.1 Å². The van der Waals surface area contributed by atoms with E-state index in [0.717, 1.165) is 36.6 Å². The van der Waals surface area contributed by atoms with Crippen LogP contribution in [-0.2, 0) is 6.42 Å². The van der Waals surface area contributed by atoms with E-state index in [1.54, 1.807) is 0 Å². The zero-order chi connectivity index (χ0) is 15.1. The summed E-state index contributed by atoms with van der Waals surface area (Å²) in [5.74, 6) is 2.07. The normalized spacial score (nSPS) is 13.0. The Hall–Kier alpha value is -1.09. The molecule has 3 nitrogen and oxygen atoms in total.